The van der Waals surface area contributed by atoms with E-state index in [1.165, 1.54) is 41.6 Å². The molecular weight excluding hydrogens is 408 g/mol. The van der Waals surface area contributed by atoms with E-state index in [-0.39, 0.29) is 17.1 Å². The van der Waals surface area contributed by atoms with E-state index in [0.717, 1.165) is 17.0 Å². The van der Waals surface area contributed by atoms with Crippen LogP contribution in [0.3, 0.4) is 0 Å². The van der Waals surface area contributed by atoms with Crippen molar-refractivity contribution in [1.82, 2.24) is 9.58 Å². The number of methoxy groups -OCH3 is 1. The number of non-ortho nitro benzene ring substituents is 1. The standard InChI is InChI=1S/C19H16N6O4S/c1-10-6-12(7-14-17(20)24-19(22-18(14)26)30-9-21-24)11(2)23(10)15-5-4-13(25(27)28)8-16(15)29-3/h4-9,20H,1-3H3/b14-7+,20-17?. The number of hydrazone groups is 1. The molecule has 0 bridgehead atoms. The predicted octanol–water partition coefficient (Wildman–Crippen LogP) is 3.26. The second kappa shape index (κ2) is 7.26. The minimum atomic E-state index is -0.498. The maximum Gasteiger partial charge on any atom is 0.283 e. The molecule has 0 radical (unpaired) electrons. The van der Waals surface area contributed by atoms with E-state index in [1.54, 1.807) is 12.1 Å². The number of rotatable bonds is 4. The van der Waals surface area contributed by atoms with E-state index in [9.17, 15) is 14.9 Å². The number of carbonyl (C=O) groups is 1. The first kappa shape index (κ1) is 19.6. The third-order valence-electron chi connectivity index (χ3n) is 4.78. The average Bonchev–Trinajstić information content (AvgIpc) is 3.28. The highest BCUT2D eigenvalue weighted by molar-refractivity contribution is 8.25. The second-order valence-electron chi connectivity index (χ2n) is 6.53. The van der Waals surface area contributed by atoms with Crippen molar-refractivity contribution in [3.63, 3.8) is 0 Å². The molecule has 3 heterocycles. The number of amides is 1. The summed E-state index contributed by atoms with van der Waals surface area (Å²) >= 11 is 1.19. The van der Waals surface area contributed by atoms with Crippen molar-refractivity contribution in [1.29, 1.82) is 5.41 Å². The van der Waals surface area contributed by atoms with Crippen LogP contribution in [0.2, 0.25) is 0 Å². The van der Waals surface area contributed by atoms with Gasteiger partial charge in [0.1, 0.15) is 5.75 Å². The number of thioether (sulfide) groups is 1. The Hall–Kier alpha value is -3.73. The number of fused-ring (bicyclic) bond motifs is 1. The smallest absolute Gasteiger partial charge is 0.283 e. The molecule has 10 nitrogen and oxygen atoms in total. The van der Waals surface area contributed by atoms with Gasteiger partial charge >= 0.3 is 0 Å². The fraction of sp³-hybridized carbons (Fsp3) is 0.158. The quantitative estimate of drug-likeness (QED) is 0.456. The van der Waals surface area contributed by atoms with E-state index in [1.807, 2.05) is 24.5 Å². The number of benzene rings is 1. The molecule has 30 heavy (non-hydrogen) atoms. The van der Waals surface area contributed by atoms with Gasteiger partial charge in [0.15, 0.2) is 11.0 Å². The molecule has 1 aromatic carbocycles. The van der Waals surface area contributed by atoms with Crippen LogP contribution in [0.1, 0.15) is 17.0 Å². The summed E-state index contributed by atoms with van der Waals surface area (Å²) in [5.41, 5.74) is 4.55. The molecule has 0 fully saturated rings. The lowest BCUT2D eigenvalue weighted by atomic mass is 10.1. The Morgan fingerprint density at radius 3 is 2.77 bits per heavy atom. The minimum Gasteiger partial charge on any atom is -0.494 e. The normalized spacial score (nSPS) is 16.8. The molecule has 4 rings (SSSR count). The van der Waals surface area contributed by atoms with Crippen LogP contribution in [-0.4, -0.2) is 44.1 Å². The maximum atomic E-state index is 12.4. The van der Waals surface area contributed by atoms with Gasteiger partial charge in [-0.15, -0.1) is 0 Å². The SMILES string of the molecule is COc1cc([N+](=O)[O-])ccc1-n1c(C)cc(/C=C2\C(=N)N3N=CSC3=NC2=O)c1C. The van der Waals surface area contributed by atoms with Crippen LogP contribution < -0.4 is 4.74 Å². The number of nitrogens with zero attached hydrogens (tertiary/aromatic N) is 5. The zero-order chi connectivity index (χ0) is 21.6. The summed E-state index contributed by atoms with van der Waals surface area (Å²) in [6.07, 6.45) is 1.61. The Balaban J connectivity index is 1.80. The number of nitro groups is 1. The van der Waals surface area contributed by atoms with Crippen molar-refractivity contribution in [3.8, 4) is 11.4 Å². The van der Waals surface area contributed by atoms with Crippen LogP contribution in [-0.2, 0) is 4.79 Å². The van der Waals surface area contributed by atoms with Gasteiger partial charge in [0.05, 0.1) is 34.9 Å². The van der Waals surface area contributed by atoms with Gasteiger partial charge in [0.25, 0.3) is 11.6 Å². The number of aryl methyl sites for hydroxylation is 1. The number of ether oxygens (including phenoxy) is 1. The molecule has 1 N–H and O–H groups in total. The first-order valence-corrected chi connectivity index (χ1v) is 9.64. The number of hydrogen-bond donors (Lipinski definition) is 1. The van der Waals surface area contributed by atoms with Gasteiger partial charge in [0, 0.05) is 17.5 Å². The number of hydrogen-bond acceptors (Lipinski definition) is 7. The molecule has 2 aliphatic rings. The minimum absolute atomic E-state index is 0.0380. The van der Waals surface area contributed by atoms with Crippen molar-refractivity contribution < 1.29 is 14.5 Å². The van der Waals surface area contributed by atoms with E-state index in [0.29, 0.717) is 16.6 Å². The average molecular weight is 424 g/mol. The van der Waals surface area contributed by atoms with Gasteiger partial charge in [-0.25, -0.2) is 0 Å². The topological polar surface area (TPSA) is 126 Å². The number of carbonyl (C=O) groups excluding carboxylic acids is 1. The summed E-state index contributed by atoms with van der Waals surface area (Å²) in [6.45, 7) is 3.73. The highest BCUT2D eigenvalue weighted by Gasteiger charge is 2.32. The van der Waals surface area contributed by atoms with Crippen LogP contribution >= 0.6 is 11.8 Å². The lowest BCUT2D eigenvalue weighted by molar-refractivity contribution is -0.384. The molecular formula is C19H16N6O4S. The summed E-state index contributed by atoms with van der Waals surface area (Å²) in [6, 6.07) is 6.26. The van der Waals surface area contributed by atoms with Crippen molar-refractivity contribution in [2.45, 2.75) is 13.8 Å². The Morgan fingerprint density at radius 1 is 1.30 bits per heavy atom. The van der Waals surface area contributed by atoms with Gasteiger partial charge in [-0.3, -0.25) is 20.3 Å². The number of nitrogens with one attached hydrogen (secondary N) is 1. The largest absolute Gasteiger partial charge is 0.494 e. The molecule has 0 saturated carbocycles. The molecule has 11 heteroatoms. The summed E-state index contributed by atoms with van der Waals surface area (Å²) in [5.74, 6) is -0.185. The molecule has 1 aromatic heterocycles. The van der Waals surface area contributed by atoms with Crippen molar-refractivity contribution >= 4 is 46.0 Å². The molecule has 2 aliphatic heterocycles. The lowest BCUT2D eigenvalue weighted by Crippen LogP contribution is -2.35. The molecule has 0 atom stereocenters. The molecule has 0 saturated heterocycles. The zero-order valence-electron chi connectivity index (χ0n) is 16.2. The molecule has 152 valence electrons. The third-order valence-corrected chi connectivity index (χ3v) is 5.46. The van der Waals surface area contributed by atoms with Crippen LogP contribution in [0.5, 0.6) is 5.75 Å². The zero-order valence-corrected chi connectivity index (χ0v) is 17.1. The van der Waals surface area contributed by atoms with Crippen LogP contribution in [0.25, 0.3) is 11.8 Å². The molecule has 0 unspecified atom stereocenters. The highest BCUT2D eigenvalue weighted by Crippen LogP contribution is 2.33. The summed E-state index contributed by atoms with van der Waals surface area (Å²) in [5, 5.41) is 25.1. The van der Waals surface area contributed by atoms with E-state index >= 15 is 0 Å². The Labute approximate surface area is 175 Å². The van der Waals surface area contributed by atoms with E-state index in [4.69, 9.17) is 10.1 Å². The van der Waals surface area contributed by atoms with Crippen LogP contribution in [0, 0.1) is 29.4 Å². The van der Waals surface area contributed by atoms with Crippen molar-refractivity contribution in [2.24, 2.45) is 10.1 Å². The number of aliphatic imine (C=N–C) groups is 1. The van der Waals surface area contributed by atoms with E-state index in [2.05, 4.69) is 10.1 Å². The van der Waals surface area contributed by atoms with Crippen molar-refractivity contribution in [2.75, 3.05) is 7.11 Å². The van der Waals surface area contributed by atoms with Crippen molar-refractivity contribution in [3.05, 3.63) is 56.9 Å². The number of amidine groups is 2. The number of aromatic nitrogens is 1. The maximum absolute atomic E-state index is 12.4. The third kappa shape index (κ3) is 3.08. The fourth-order valence-electron chi connectivity index (χ4n) is 3.36. The molecule has 1 amide bonds. The van der Waals surface area contributed by atoms with Gasteiger partial charge in [-0.1, -0.05) is 0 Å². The second-order valence-corrected chi connectivity index (χ2v) is 7.34. The monoisotopic (exact) mass is 424 g/mol. The number of nitro benzene ring substituents is 1. The van der Waals surface area contributed by atoms with Crippen LogP contribution in [0.15, 0.2) is 39.9 Å². The summed E-state index contributed by atoms with van der Waals surface area (Å²) in [4.78, 5) is 27.0. The lowest BCUT2D eigenvalue weighted by Gasteiger charge is -2.20. The Kier molecular flexibility index (Phi) is 4.74. The van der Waals surface area contributed by atoms with E-state index < -0.39 is 10.8 Å². The van der Waals surface area contributed by atoms with Gasteiger partial charge in [-0.05, 0) is 49.4 Å². The molecule has 0 spiro atoms. The predicted molar refractivity (Wildman–Crippen MR) is 115 cm³/mol. The van der Waals surface area contributed by atoms with Crippen LogP contribution in [0.4, 0.5) is 5.69 Å². The fourth-order valence-corrected chi connectivity index (χ4v) is 3.97. The summed E-state index contributed by atoms with van der Waals surface area (Å²) in [7, 11) is 1.45. The first-order valence-electron chi connectivity index (χ1n) is 8.76. The van der Waals surface area contributed by atoms with Gasteiger partial charge < -0.3 is 9.30 Å². The highest BCUT2D eigenvalue weighted by atomic mass is 32.2. The molecule has 2 aromatic rings. The Morgan fingerprint density at radius 2 is 2.07 bits per heavy atom. The first-order chi connectivity index (χ1) is 14.3. The Bertz CT molecular complexity index is 1210. The van der Waals surface area contributed by atoms with Gasteiger partial charge in [-0.2, -0.15) is 15.1 Å². The summed E-state index contributed by atoms with van der Waals surface area (Å²) < 4.78 is 7.25. The van der Waals surface area contributed by atoms with Gasteiger partial charge in [0.2, 0.25) is 0 Å². The molecule has 0 aliphatic carbocycles.